The summed E-state index contributed by atoms with van der Waals surface area (Å²) in [6.45, 7) is 0. The normalized spacial score (nSPS) is 16.8. The summed E-state index contributed by atoms with van der Waals surface area (Å²) in [6, 6.07) is 16.5. The molecule has 0 spiro atoms. The molecule has 0 saturated carbocycles. The first-order chi connectivity index (χ1) is 9.78. The van der Waals surface area contributed by atoms with Crippen LogP contribution < -0.4 is 0 Å². The Labute approximate surface area is 119 Å². The second-order valence-corrected chi connectivity index (χ2v) is 5.33. The lowest BCUT2D eigenvalue weighted by atomic mass is 9.92. The van der Waals surface area contributed by atoms with Crippen LogP contribution in [0.5, 0.6) is 0 Å². The fraction of sp³-hybridized carbons (Fsp3) is 0.278. The van der Waals surface area contributed by atoms with Crippen molar-refractivity contribution in [1.82, 2.24) is 0 Å². The van der Waals surface area contributed by atoms with Gasteiger partial charge in [-0.25, -0.2) is 4.79 Å². The minimum atomic E-state index is -0.252. The fourth-order valence-corrected chi connectivity index (χ4v) is 3.04. The highest BCUT2D eigenvalue weighted by Gasteiger charge is 2.24. The summed E-state index contributed by atoms with van der Waals surface area (Å²) < 4.78 is 4.81. The Bertz CT molecular complexity index is 617. The van der Waals surface area contributed by atoms with Gasteiger partial charge in [-0.3, -0.25) is 0 Å². The van der Waals surface area contributed by atoms with Gasteiger partial charge >= 0.3 is 5.97 Å². The minimum absolute atomic E-state index is 0.252. The van der Waals surface area contributed by atoms with Gasteiger partial charge in [-0.05, 0) is 54.0 Å². The van der Waals surface area contributed by atoms with E-state index in [4.69, 9.17) is 4.74 Å². The molecule has 20 heavy (non-hydrogen) atoms. The molecule has 0 aromatic heterocycles. The minimum Gasteiger partial charge on any atom is -0.465 e. The number of esters is 1. The average molecular weight is 266 g/mol. The van der Waals surface area contributed by atoms with Gasteiger partial charge in [-0.2, -0.15) is 0 Å². The highest BCUT2D eigenvalue weighted by atomic mass is 16.5. The molecule has 0 saturated heterocycles. The van der Waals surface area contributed by atoms with E-state index in [-0.39, 0.29) is 5.97 Å². The summed E-state index contributed by atoms with van der Waals surface area (Å²) in [7, 11) is 1.43. The molecule has 0 N–H and O–H groups in total. The molecule has 0 bridgehead atoms. The second kappa shape index (κ2) is 5.49. The lowest BCUT2D eigenvalue weighted by molar-refractivity contribution is 0.0600. The molecule has 0 aliphatic heterocycles. The summed E-state index contributed by atoms with van der Waals surface area (Å²) in [4.78, 5) is 11.7. The molecule has 1 aliphatic rings. The molecule has 2 aromatic carbocycles. The number of carbonyl (C=O) groups excluding carboxylic acids is 1. The van der Waals surface area contributed by atoms with Crippen LogP contribution in [-0.4, -0.2) is 13.1 Å². The summed E-state index contributed by atoms with van der Waals surface area (Å²) in [5.74, 6) is 0.259. The lowest BCUT2D eigenvalue weighted by Gasteiger charge is -2.12. The predicted molar refractivity (Wildman–Crippen MR) is 79.0 cm³/mol. The zero-order valence-corrected chi connectivity index (χ0v) is 11.6. The van der Waals surface area contributed by atoms with Crippen molar-refractivity contribution >= 4 is 5.97 Å². The summed E-state index contributed by atoms with van der Waals surface area (Å²) in [6.07, 6.45) is 3.31. The molecule has 1 aliphatic carbocycles. The largest absolute Gasteiger partial charge is 0.465 e. The van der Waals surface area contributed by atoms with E-state index in [1.165, 1.54) is 23.8 Å². The van der Waals surface area contributed by atoms with Gasteiger partial charge < -0.3 is 4.74 Å². The molecular weight excluding hydrogens is 248 g/mol. The fourth-order valence-electron chi connectivity index (χ4n) is 3.04. The van der Waals surface area contributed by atoms with Crippen molar-refractivity contribution < 1.29 is 9.53 Å². The molecule has 1 unspecified atom stereocenters. The Kier molecular flexibility index (Phi) is 3.55. The first kappa shape index (κ1) is 12.9. The van der Waals surface area contributed by atoms with Crippen LogP contribution in [0.15, 0.2) is 48.5 Å². The van der Waals surface area contributed by atoms with Crippen LogP contribution in [0.25, 0.3) is 0 Å². The second-order valence-electron chi connectivity index (χ2n) is 5.33. The topological polar surface area (TPSA) is 26.3 Å². The number of rotatable bonds is 3. The monoisotopic (exact) mass is 266 g/mol. The molecule has 2 nitrogen and oxygen atoms in total. The van der Waals surface area contributed by atoms with E-state index < -0.39 is 0 Å². The smallest absolute Gasteiger partial charge is 0.337 e. The number of methoxy groups -OCH3 is 1. The van der Waals surface area contributed by atoms with Crippen LogP contribution in [0.2, 0.25) is 0 Å². The molecule has 0 heterocycles. The van der Waals surface area contributed by atoms with Crippen molar-refractivity contribution in [1.29, 1.82) is 0 Å². The van der Waals surface area contributed by atoms with Crippen LogP contribution in [0.3, 0.4) is 0 Å². The van der Waals surface area contributed by atoms with Crippen LogP contribution in [0, 0.1) is 0 Å². The van der Waals surface area contributed by atoms with Crippen molar-refractivity contribution in [2.24, 2.45) is 0 Å². The highest BCUT2D eigenvalue weighted by molar-refractivity contribution is 5.89. The lowest BCUT2D eigenvalue weighted by Crippen LogP contribution is -2.04. The van der Waals surface area contributed by atoms with Gasteiger partial charge in [0.15, 0.2) is 0 Å². The summed E-state index contributed by atoms with van der Waals surface area (Å²) >= 11 is 0. The van der Waals surface area contributed by atoms with Crippen molar-refractivity contribution in [3.05, 3.63) is 70.8 Å². The van der Waals surface area contributed by atoms with Gasteiger partial charge in [0.25, 0.3) is 0 Å². The number of aryl methyl sites for hydroxylation is 1. The highest BCUT2D eigenvalue weighted by Crippen LogP contribution is 2.36. The van der Waals surface area contributed by atoms with Gasteiger partial charge in [0.05, 0.1) is 12.7 Å². The maximum absolute atomic E-state index is 11.7. The number of fused-ring (bicyclic) bond motifs is 1. The molecule has 0 amide bonds. The number of hydrogen-bond donors (Lipinski definition) is 0. The third kappa shape index (κ3) is 2.46. The van der Waals surface area contributed by atoms with E-state index in [0.29, 0.717) is 11.5 Å². The van der Waals surface area contributed by atoms with Crippen LogP contribution in [-0.2, 0) is 17.6 Å². The Morgan fingerprint density at radius 3 is 2.75 bits per heavy atom. The zero-order valence-electron chi connectivity index (χ0n) is 11.6. The maximum atomic E-state index is 11.7. The number of hydrogen-bond acceptors (Lipinski definition) is 2. The third-order valence-corrected chi connectivity index (χ3v) is 4.09. The van der Waals surface area contributed by atoms with Crippen LogP contribution >= 0.6 is 0 Å². The van der Waals surface area contributed by atoms with E-state index in [1.807, 2.05) is 18.2 Å². The Hall–Kier alpha value is -2.09. The average Bonchev–Trinajstić information content (AvgIpc) is 2.90. The van der Waals surface area contributed by atoms with Crippen molar-refractivity contribution in [3.63, 3.8) is 0 Å². The van der Waals surface area contributed by atoms with Crippen molar-refractivity contribution in [2.75, 3.05) is 7.11 Å². The van der Waals surface area contributed by atoms with E-state index in [2.05, 4.69) is 30.3 Å². The Balaban J connectivity index is 1.87. The molecule has 0 fully saturated rings. The Morgan fingerprint density at radius 2 is 2.00 bits per heavy atom. The summed E-state index contributed by atoms with van der Waals surface area (Å²) in [5.41, 5.74) is 4.70. The van der Waals surface area contributed by atoms with Gasteiger partial charge in [0.1, 0.15) is 0 Å². The first-order valence-electron chi connectivity index (χ1n) is 7.03. The van der Waals surface area contributed by atoms with Crippen LogP contribution in [0.4, 0.5) is 0 Å². The molecule has 3 rings (SSSR count). The molecular formula is C18H18O2. The Morgan fingerprint density at radius 1 is 1.20 bits per heavy atom. The number of ether oxygens (including phenoxy) is 1. The third-order valence-electron chi connectivity index (χ3n) is 4.09. The molecule has 2 aromatic rings. The first-order valence-corrected chi connectivity index (χ1v) is 7.03. The maximum Gasteiger partial charge on any atom is 0.337 e. The van der Waals surface area contributed by atoms with Crippen molar-refractivity contribution in [2.45, 2.75) is 25.2 Å². The molecule has 0 radical (unpaired) electrons. The SMILES string of the molecule is COC(=O)c1ccc2c(c1)C(Cc1ccccc1)CC2. The summed E-state index contributed by atoms with van der Waals surface area (Å²) in [5, 5.41) is 0. The van der Waals surface area contributed by atoms with E-state index in [0.717, 1.165) is 19.3 Å². The van der Waals surface area contributed by atoms with E-state index >= 15 is 0 Å². The predicted octanol–water partition coefficient (Wildman–Crippen LogP) is 3.75. The molecule has 102 valence electrons. The van der Waals surface area contributed by atoms with Gasteiger partial charge in [-0.15, -0.1) is 0 Å². The van der Waals surface area contributed by atoms with Crippen LogP contribution in [0.1, 0.15) is 39.4 Å². The molecule has 2 heteroatoms. The van der Waals surface area contributed by atoms with Gasteiger partial charge in [-0.1, -0.05) is 36.4 Å². The number of benzene rings is 2. The van der Waals surface area contributed by atoms with E-state index in [1.54, 1.807) is 0 Å². The van der Waals surface area contributed by atoms with Crippen molar-refractivity contribution in [3.8, 4) is 0 Å². The van der Waals surface area contributed by atoms with Gasteiger partial charge in [0, 0.05) is 0 Å². The zero-order chi connectivity index (χ0) is 13.9. The quantitative estimate of drug-likeness (QED) is 0.791. The standard InChI is InChI=1S/C18H18O2/c1-20-18(19)16-10-8-14-7-9-15(17(14)12-16)11-13-5-3-2-4-6-13/h2-6,8,10,12,15H,7,9,11H2,1H3. The molecule has 1 atom stereocenters. The number of carbonyl (C=O) groups is 1. The van der Waals surface area contributed by atoms with E-state index in [9.17, 15) is 4.79 Å². The van der Waals surface area contributed by atoms with Gasteiger partial charge in [0.2, 0.25) is 0 Å².